The van der Waals surface area contributed by atoms with E-state index in [0.717, 1.165) is 25.6 Å². The van der Waals surface area contributed by atoms with Crippen molar-refractivity contribution in [1.82, 2.24) is 4.90 Å². The summed E-state index contributed by atoms with van der Waals surface area (Å²) in [6, 6.07) is 0. The minimum atomic E-state index is -0.389. The number of nitrogens with zero attached hydrogens (tertiary/aromatic N) is 1. The van der Waals surface area contributed by atoms with Gasteiger partial charge >= 0.3 is 0 Å². The standard InChI is InChI=1S/C13H27NO3/c1-11-5-4-6-14(7-11)8-13(15)10-17-12(2)9-16-3/h11-13,15H,4-10H2,1-3H3. The summed E-state index contributed by atoms with van der Waals surface area (Å²) in [4.78, 5) is 2.34. The minimum Gasteiger partial charge on any atom is -0.389 e. The predicted octanol–water partition coefficient (Wildman–Crippen LogP) is 1.13. The van der Waals surface area contributed by atoms with E-state index < -0.39 is 0 Å². The fraction of sp³-hybridized carbons (Fsp3) is 1.00. The highest BCUT2D eigenvalue weighted by Gasteiger charge is 2.19. The lowest BCUT2D eigenvalue weighted by molar-refractivity contribution is -0.0420. The summed E-state index contributed by atoms with van der Waals surface area (Å²) in [7, 11) is 1.66. The number of piperidine rings is 1. The van der Waals surface area contributed by atoms with Crippen molar-refractivity contribution in [3.05, 3.63) is 0 Å². The highest BCUT2D eigenvalue weighted by molar-refractivity contribution is 4.72. The van der Waals surface area contributed by atoms with Crippen molar-refractivity contribution in [2.24, 2.45) is 5.92 Å². The molecule has 0 radical (unpaired) electrons. The topological polar surface area (TPSA) is 41.9 Å². The highest BCUT2D eigenvalue weighted by Crippen LogP contribution is 2.15. The largest absolute Gasteiger partial charge is 0.389 e. The minimum absolute atomic E-state index is 0.0509. The van der Waals surface area contributed by atoms with Crippen LogP contribution < -0.4 is 0 Å². The van der Waals surface area contributed by atoms with Crippen molar-refractivity contribution in [3.8, 4) is 0 Å². The average Bonchev–Trinajstić information content (AvgIpc) is 2.27. The van der Waals surface area contributed by atoms with Gasteiger partial charge < -0.3 is 19.5 Å². The number of likely N-dealkylation sites (tertiary alicyclic amines) is 1. The molecule has 1 aliphatic rings. The second-order valence-corrected chi connectivity index (χ2v) is 5.26. The van der Waals surface area contributed by atoms with E-state index in [9.17, 15) is 5.11 Å². The third kappa shape index (κ3) is 6.36. The second-order valence-electron chi connectivity index (χ2n) is 5.26. The molecule has 0 aliphatic carbocycles. The zero-order valence-corrected chi connectivity index (χ0v) is 11.4. The van der Waals surface area contributed by atoms with Gasteiger partial charge in [0.05, 0.1) is 25.4 Å². The maximum Gasteiger partial charge on any atom is 0.0900 e. The van der Waals surface area contributed by atoms with Gasteiger partial charge in [-0.1, -0.05) is 6.92 Å². The lowest BCUT2D eigenvalue weighted by Gasteiger charge is -2.32. The molecule has 1 fully saturated rings. The number of aliphatic hydroxyl groups is 1. The van der Waals surface area contributed by atoms with E-state index in [2.05, 4.69) is 11.8 Å². The number of hydrogen-bond donors (Lipinski definition) is 1. The number of aliphatic hydroxyl groups excluding tert-OH is 1. The van der Waals surface area contributed by atoms with Gasteiger partial charge in [0.1, 0.15) is 0 Å². The summed E-state index contributed by atoms with van der Waals surface area (Å²) in [6.45, 7) is 8.14. The van der Waals surface area contributed by atoms with Crippen LogP contribution >= 0.6 is 0 Å². The molecule has 17 heavy (non-hydrogen) atoms. The zero-order valence-electron chi connectivity index (χ0n) is 11.4. The van der Waals surface area contributed by atoms with Crippen molar-refractivity contribution < 1.29 is 14.6 Å². The molecule has 0 aromatic carbocycles. The lowest BCUT2D eigenvalue weighted by Crippen LogP contribution is -2.41. The molecule has 0 aromatic rings. The first-order chi connectivity index (χ1) is 8.11. The van der Waals surface area contributed by atoms with E-state index in [4.69, 9.17) is 9.47 Å². The van der Waals surface area contributed by atoms with E-state index in [-0.39, 0.29) is 12.2 Å². The van der Waals surface area contributed by atoms with E-state index in [1.54, 1.807) is 7.11 Å². The van der Waals surface area contributed by atoms with Crippen LogP contribution in [-0.4, -0.2) is 62.2 Å². The Morgan fingerprint density at radius 3 is 2.82 bits per heavy atom. The van der Waals surface area contributed by atoms with Gasteiger partial charge in [-0.2, -0.15) is 0 Å². The SMILES string of the molecule is COCC(C)OCC(O)CN1CCCC(C)C1. The van der Waals surface area contributed by atoms with Crippen LogP contribution in [0.25, 0.3) is 0 Å². The number of hydrogen-bond acceptors (Lipinski definition) is 4. The molecule has 0 amide bonds. The van der Waals surface area contributed by atoms with Crippen LogP contribution in [0.15, 0.2) is 0 Å². The van der Waals surface area contributed by atoms with Crippen molar-refractivity contribution in [2.75, 3.05) is 40.0 Å². The van der Waals surface area contributed by atoms with Gasteiger partial charge in [0.25, 0.3) is 0 Å². The van der Waals surface area contributed by atoms with Crippen LogP contribution in [-0.2, 0) is 9.47 Å². The molecule has 3 unspecified atom stereocenters. The van der Waals surface area contributed by atoms with Crippen LogP contribution in [0.1, 0.15) is 26.7 Å². The number of rotatable bonds is 7. The van der Waals surface area contributed by atoms with E-state index in [1.165, 1.54) is 12.8 Å². The Morgan fingerprint density at radius 2 is 2.18 bits per heavy atom. The summed E-state index contributed by atoms with van der Waals surface area (Å²) < 4.78 is 10.5. The quantitative estimate of drug-likeness (QED) is 0.730. The maximum absolute atomic E-state index is 9.90. The van der Waals surface area contributed by atoms with Crippen LogP contribution in [0.2, 0.25) is 0 Å². The smallest absolute Gasteiger partial charge is 0.0900 e. The third-order valence-corrected chi connectivity index (χ3v) is 3.18. The van der Waals surface area contributed by atoms with Gasteiger partial charge in [-0.05, 0) is 32.2 Å². The predicted molar refractivity (Wildman–Crippen MR) is 68.1 cm³/mol. The molecular formula is C13H27NO3. The summed E-state index contributed by atoms with van der Waals surface area (Å²) in [5.74, 6) is 0.754. The van der Waals surface area contributed by atoms with Crippen LogP contribution in [0.3, 0.4) is 0 Å². The normalized spacial score (nSPS) is 25.8. The number of methoxy groups -OCH3 is 1. The average molecular weight is 245 g/mol. The van der Waals surface area contributed by atoms with Crippen molar-refractivity contribution >= 4 is 0 Å². The van der Waals surface area contributed by atoms with Crippen LogP contribution in [0, 0.1) is 5.92 Å². The van der Waals surface area contributed by atoms with Gasteiger partial charge in [0.15, 0.2) is 0 Å². The van der Waals surface area contributed by atoms with Gasteiger partial charge in [-0.25, -0.2) is 0 Å². The molecular weight excluding hydrogens is 218 g/mol. The number of β-amino-alcohol motifs (C(OH)–C–C–N with tert-alkyl or cyclic N) is 1. The van der Waals surface area contributed by atoms with Gasteiger partial charge in [0, 0.05) is 20.2 Å². The molecule has 1 N–H and O–H groups in total. The molecule has 4 heteroatoms. The van der Waals surface area contributed by atoms with E-state index in [1.807, 2.05) is 6.92 Å². The Balaban J connectivity index is 2.13. The molecule has 102 valence electrons. The van der Waals surface area contributed by atoms with Crippen LogP contribution in [0.5, 0.6) is 0 Å². The molecule has 3 atom stereocenters. The Hall–Kier alpha value is -0.160. The Labute approximate surface area is 105 Å². The second kappa shape index (κ2) is 8.03. The Morgan fingerprint density at radius 1 is 1.41 bits per heavy atom. The fourth-order valence-electron chi connectivity index (χ4n) is 2.36. The first-order valence-corrected chi connectivity index (χ1v) is 6.62. The van der Waals surface area contributed by atoms with Gasteiger partial charge in [-0.3, -0.25) is 0 Å². The van der Waals surface area contributed by atoms with Crippen molar-refractivity contribution in [2.45, 2.75) is 38.9 Å². The Bertz CT molecular complexity index is 201. The van der Waals surface area contributed by atoms with E-state index >= 15 is 0 Å². The fourth-order valence-corrected chi connectivity index (χ4v) is 2.36. The summed E-state index contributed by atoms with van der Waals surface area (Å²) in [5.41, 5.74) is 0. The maximum atomic E-state index is 9.90. The number of ether oxygens (including phenoxy) is 2. The van der Waals surface area contributed by atoms with E-state index in [0.29, 0.717) is 13.2 Å². The van der Waals surface area contributed by atoms with Gasteiger partial charge in [0.2, 0.25) is 0 Å². The van der Waals surface area contributed by atoms with Gasteiger partial charge in [-0.15, -0.1) is 0 Å². The molecule has 0 bridgehead atoms. The summed E-state index contributed by atoms with van der Waals surface area (Å²) >= 11 is 0. The molecule has 0 saturated carbocycles. The van der Waals surface area contributed by atoms with Crippen molar-refractivity contribution in [3.63, 3.8) is 0 Å². The molecule has 1 saturated heterocycles. The first-order valence-electron chi connectivity index (χ1n) is 6.62. The molecule has 4 nitrogen and oxygen atoms in total. The summed E-state index contributed by atoms with van der Waals surface area (Å²) in [6.07, 6.45) is 2.22. The third-order valence-electron chi connectivity index (χ3n) is 3.18. The summed E-state index contributed by atoms with van der Waals surface area (Å²) in [5, 5.41) is 9.90. The molecule has 0 spiro atoms. The monoisotopic (exact) mass is 245 g/mol. The molecule has 1 aliphatic heterocycles. The zero-order chi connectivity index (χ0) is 12.7. The Kier molecular flexibility index (Phi) is 7.04. The molecule has 1 heterocycles. The highest BCUT2D eigenvalue weighted by atomic mass is 16.5. The lowest BCUT2D eigenvalue weighted by atomic mass is 10.0. The van der Waals surface area contributed by atoms with Crippen LogP contribution in [0.4, 0.5) is 0 Å². The first kappa shape index (κ1) is 14.9. The molecule has 0 aromatic heterocycles. The molecule has 1 rings (SSSR count). The van der Waals surface area contributed by atoms with Crippen molar-refractivity contribution in [1.29, 1.82) is 0 Å².